The molecule has 4 N–H and O–H groups in total. The smallest absolute Gasteiger partial charge is 0.272 e. The fourth-order valence-corrected chi connectivity index (χ4v) is 5.24. The Morgan fingerprint density at radius 1 is 0.744 bits per heavy atom. The molecule has 4 rings (SSSR count). The lowest BCUT2D eigenvalue weighted by molar-refractivity contribution is -0.115. The number of amides is 4. The van der Waals surface area contributed by atoms with Gasteiger partial charge in [0.05, 0.1) is 5.25 Å². The number of carbonyl (C=O) groups excluding carboxylic acids is 4. The molecule has 10 heteroatoms. The van der Waals surface area contributed by atoms with Gasteiger partial charge in [-0.3, -0.25) is 19.2 Å². The van der Waals surface area contributed by atoms with Gasteiger partial charge in [-0.05, 0) is 85.3 Å². The fourth-order valence-electron chi connectivity index (χ4n) is 3.89. The Morgan fingerprint density at radius 3 is 2.09 bits per heavy atom. The molecule has 4 aromatic rings. The zero-order chi connectivity index (χ0) is 30.8. The predicted octanol–water partition coefficient (Wildman–Crippen LogP) is 6.94. The highest BCUT2D eigenvalue weighted by Gasteiger charge is 2.17. The third-order valence-corrected chi connectivity index (χ3v) is 7.52. The van der Waals surface area contributed by atoms with Crippen molar-refractivity contribution in [3.63, 3.8) is 0 Å². The van der Waals surface area contributed by atoms with Crippen LogP contribution >= 0.6 is 27.7 Å². The molecule has 0 aliphatic carbocycles. The van der Waals surface area contributed by atoms with Gasteiger partial charge in [0, 0.05) is 38.9 Å². The van der Waals surface area contributed by atoms with Crippen LogP contribution in [0.15, 0.2) is 118 Å². The third kappa shape index (κ3) is 9.69. The average molecular weight is 658 g/mol. The van der Waals surface area contributed by atoms with E-state index >= 15 is 0 Å². The number of hydrogen-bond donors (Lipinski definition) is 4. The normalized spacial score (nSPS) is 11.7. The van der Waals surface area contributed by atoms with E-state index in [2.05, 4.69) is 37.2 Å². The van der Waals surface area contributed by atoms with Crippen LogP contribution in [0.25, 0.3) is 6.08 Å². The van der Waals surface area contributed by atoms with Crippen molar-refractivity contribution >= 4 is 74.5 Å². The molecular formula is C33H29BrN4O4S. The van der Waals surface area contributed by atoms with E-state index in [0.717, 1.165) is 14.9 Å². The Kier molecular flexibility index (Phi) is 10.9. The number of hydrogen-bond acceptors (Lipinski definition) is 5. The topological polar surface area (TPSA) is 116 Å². The lowest BCUT2D eigenvalue weighted by Crippen LogP contribution is -2.30. The van der Waals surface area contributed by atoms with Crippen molar-refractivity contribution in [2.24, 2.45) is 0 Å². The molecule has 0 radical (unpaired) electrons. The lowest BCUT2D eigenvalue weighted by atomic mass is 10.1. The average Bonchev–Trinajstić information content (AvgIpc) is 2.98. The Balaban J connectivity index is 1.44. The Hall–Kier alpha value is -4.67. The molecule has 0 aromatic heterocycles. The van der Waals surface area contributed by atoms with Crippen LogP contribution in [-0.4, -0.2) is 28.9 Å². The highest BCUT2D eigenvalue weighted by Crippen LogP contribution is 2.27. The summed E-state index contributed by atoms with van der Waals surface area (Å²) < 4.78 is 0.834. The van der Waals surface area contributed by atoms with Crippen molar-refractivity contribution in [1.29, 1.82) is 0 Å². The summed E-state index contributed by atoms with van der Waals surface area (Å²) in [6.07, 6.45) is 1.61. The van der Waals surface area contributed by atoms with Crippen LogP contribution in [0.1, 0.15) is 29.8 Å². The van der Waals surface area contributed by atoms with E-state index in [-0.39, 0.29) is 17.5 Å². The van der Waals surface area contributed by atoms with Crippen molar-refractivity contribution in [3.8, 4) is 0 Å². The molecule has 0 aliphatic rings. The molecule has 8 nitrogen and oxygen atoms in total. The molecule has 218 valence electrons. The first-order chi connectivity index (χ1) is 20.7. The summed E-state index contributed by atoms with van der Waals surface area (Å²) in [6.45, 7) is 3.22. The SMILES string of the molecule is CC(=O)Nc1ccc(NC(=O)C(C)Sc2cccc(NC(=O)/C(=C\c3cccc(Br)c3)NC(=O)c3ccccc3)c2)cc1. The standard InChI is InChI=1S/C33H29BrN4O4S/c1-21(31(40)36-27-16-14-26(15-17-27)35-22(2)39)43-29-13-7-12-28(20-29)37-33(42)30(19-23-8-6-11-25(34)18-23)38-32(41)24-9-4-3-5-10-24/h3-21H,1-2H3,(H,35,39)(H,36,40)(H,37,42)(H,38,41)/b30-19+. The van der Waals surface area contributed by atoms with Crippen LogP contribution in [-0.2, 0) is 14.4 Å². The molecular weight excluding hydrogens is 628 g/mol. The van der Waals surface area contributed by atoms with Crippen molar-refractivity contribution < 1.29 is 19.2 Å². The molecule has 1 atom stereocenters. The molecule has 0 aliphatic heterocycles. The maximum atomic E-state index is 13.4. The van der Waals surface area contributed by atoms with Gasteiger partial charge in [0.15, 0.2) is 0 Å². The van der Waals surface area contributed by atoms with E-state index < -0.39 is 17.1 Å². The van der Waals surface area contributed by atoms with Crippen LogP contribution in [0.3, 0.4) is 0 Å². The summed E-state index contributed by atoms with van der Waals surface area (Å²) >= 11 is 4.77. The van der Waals surface area contributed by atoms with Gasteiger partial charge >= 0.3 is 0 Å². The number of nitrogens with one attached hydrogen (secondary N) is 4. The van der Waals surface area contributed by atoms with Crippen LogP contribution in [0.5, 0.6) is 0 Å². The Bertz CT molecular complexity index is 1660. The van der Waals surface area contributed by atoms with E-state index in [1.54, 1.807) is 79.7 Å². The van der Waals surface area contributed by atoms with Crippen molar-refractivity contribution in [1.82, 2.24) is 5.32 Å². The first-order valence-electron chi connectivity index (χ1n) is 13.3. The van der Waals surface area contributed by atoms with Crippen molar-refractivity contribution in [3.05, 3.63) is 124 Å². The second kappa shape index (κ2) is 15.0. The van der Waals surface area contributed by atoms with Crippen LogP contribution in [0, 0.1) is 0 Å². The number of anilines is 3. The van der Waals surface area contributed by atoms with Gasteiger partial charge in [-0.1, -0.05) is 52.3 Å². The largest absolute Gasteiger partial charge is 0.326 e. The number of benzene rings is 4. The van der Waals surface area contributed by atoms with Gasteiger partial charge in [-0.15, -0.1) is 11.8 Å². The van der Waals surface area contributed by atoms with Crippen molar-refractivity contribution in [2.75, 3.05) is 16.0 Å². The van der Waals surface area contributed by atoms with Crippen LogP contribution in [0.4, 0.5) is 17.1 Å². The third-order valence-electron chi connectivity index (χ3n) is 5.94. The number of rotatable bonds is 10. The summed E-state index contributed by atoms with van der Waals surface area (Å²) in [5.74, 6) is -1.28. The van der Waals surface area contributed by atoms with Gasteiger partial charge in [0.2, 0.25) is 11.8 Å². The first-order valence-corrected chi connectivity index (χ1v) is 14.9. The molecule has 4 amide bonds. The predicted molar refractivity (Wildman–Crippen MR) is 176 cm³/mol. The quantitative estimate of drug-likeness (QED) is 0.109. The fraction of sp³-hybridized carbons (Fsp3) is 0.0909. The molecule has 43 heavy (non-hydrogen) atoms. The monoisotopic (exact) mass is 656 g/mol. The van der Waals surface area contributed by atoms with Gasteiger partial charge in [-0.2, -0.15) is 0 Å². The maximum absolute atomic E-state index is 13.4. The van der Waals surface area contributed by atoms with E-state index in [1.807, 2.05) is 36.4 Å². The molecule has 0 bridgehead atoms. The number of thioether (sulfide) groups is 1. The molecule has 4 aromatic carbocycles. The van der Waals surface area contributed by atoms with Crippen LogP contribution < -0.4 is 21.3 Å². The van der Waals surface area contributed by atoms with Gasteiger partial charge in [-0.25, -0.2) is 0 Å². The molecule has 0 saturated heterocycles. The summed E-state index contributed by atoms with van der Waals surface area (Å²) in [7, 11) is 0. The highest BCUT2D eigenvalue weighted by molar-refractivity contribution is 9.10. The molecule has 0 spiro atoms. The number of halogens is 1. The minimum absolute atomic E-state index is 0.0716. The van der Waals surface area contributed by atoms with E-state index in [9.17, 15) is 19.2 Å². The zero-order valence-corrected chi connectivity index (χ0v) is 25.8. The molecule has 0 fully saturated rings. The summed E-state index contributed by atoms with van der Waals surface area (Å²) in [5.41, 5.74) is 2.97. The Labute approximate surface area is 262 Å². The lowest BCUT2D eigenvalue weighted by Gasteiger charge is -2.14. The minimum Gasteiger partial charge on any atom is -0.326 e. The summed E-state index contributed by atoms with van der Waals surface area (Å²) in [6, 6.07) is 30.0. The maximum Gasteiger partial charge on any atom is 0.272 e. The van der Waals surface area contributed by atoms with E-state index in [0.29, 0.717) is 22.6 Å². The van der Waals surface area contributed by atoms with Crippen molar-refractivity contribution in [2.45, 2.75) is 24.0 Å². The van der Waals surface area contributed by atoms with E-state index in [4.69, 9.17) is 0 Å². The van der Waals surface area contributed by atoms with Gasteiger partial charge < -0.3 is 21.3 Å². The second-order valence-electron chi connectivity index (χ2n) is 9.42. The highest BCUT2D eigenvalue weighted by atomic mass is 79.9. The van der Waals surface area contributed by atoms with E-state index in [1.165, 1.54) is 18.7 Å². The minimum atomic E-state index is -0.500. The summed E-state index contributed by atoms with van der Waals surface area (Å²) in [4.78, 5) is 51.1. The zero-order valence-electron chi connectivity index (χ0n) is 23.4. The molecule has 0 heterocycles. The second-order valence-corrected chi connectivity index (χ2v) is 11.8. The molecule has 0 saturated carbocycles. The first kappa shape index (κ1) is 31.3. The summed E-state index contributed by atoms with van der Waals surface area (Å²) in [5, 5.41) is 10.7. The van der Waals surface area contributed by atoms with Crippen LogP contribution in [0.2, 0.25) is 0 Å². The van der Waals surface area contributed by atoms with Gasteiger partial charge in [0.1, 0.15) is 5.70 Å². The number of carbonyl (C=O) groups is 4. The Morgan fingerprint density at radius 2 is 1.42 bits per heavy atom. The molecule has 1 unspecified atom stereocenters. The van der Waals surface area contributed by atoms with Gasteiger partial charge in [0.25, 0.3) is 11.8 Å².